The average molecular weight is 377 g/mol. The summed E-state index contributed by atoms with van der Waals surface area (Å²) in [5.74, 6) is -2.25. The van der Waals surface area contributed by atoms with E-state index >= 15 is 0 Å². The molecule has 2 aromatic rings. The first-order valence-electron chi connectivity index (χ1n) is 7.67. The molecule has 0 aliphatic rings. The summed E-state index contributed by atoms with van der Waals surface area (Å²) in [4.78, 5) is 34.4. The number of halogens is 1. The van der Waals surface area contributed by atoms with Crippen LogP contribution in [0.2, 0.25) is 0 Å². The van der Waals surface area contributed by atoms with Crippen LogP contribution >= 0.6 is 0 Å². The van der Waals surface area contributed by atoms with E-state index in [4.69, 9.17) is 9.47 Å². The van der Waals surface area contributed by atoms with Gasteiger partial charge >= 0.3 is 0 Å². The third-order valence-electron chi connectivity index (χ3n) is 3.45. The van der Waals surface area contributed by atoms with E-state index in [9.17, 15) is 24.1 Å². The summed E-state index contributed by atoms with van der Waals surface area (Å²) < 4.78 is 23.7. The lowest BCUT2D eigenvalue weighted by molar-refractivity contribution is -0.384. The number of methoxy groups -OCH3 is 1. The lowest BCUT2D eigenvalue weighted by Gasteiger charge is -2.16. The Kier molecular flexibility index (Phi) is 6.26. The minimum atomic E-state index is -1.12. The van der Waals surface area contributed by atoms with E-state index in [1.807, 2.05) is 0 Å². The van der Waals surface area contributed by atoms with Gasteiger partial charge in [-0.1, -0.05) is 12.1 Å². The molecule has 1 unspecified atom stereocenters. The molecule has 0 aromatic heterocycles. The monoisotopic (exact) mass is 377 g/mol. The minimum Gasteiger partial charge on any atom is -0.496 e. The van der Waals surface area contributed by atoms with Gasteiger partial charge in [0.15, 0.2) is 17.7 Å². The molecule has 0 heterocycles. The van der Waals surface area contributed by atoms with Crippen molar-refractivity contribution in [2.75, 3.05) is 7.11 Å². The molecule has 2 aromatic carbocycles. The fraction of sp³-hybridized carbons (Fsp3) is 0.176. The van der Waals surface area contributed by atoms with Gasteiger partial charge in [-0.2, -0.15) is 0 Å². The van der Waals surface area contributed by atoms with Gasteiger partial charge in [-0.15, -0.1) is 0 Å². The Balaban J connectivity index is 2.02. The van der Waals surface area contributed by atoms with Crippen molar-refractivity contribution in [2.24, 2.45) is 0 Å². The number of nitro benzene ring substituents is 1. The molecule has 2 rings (SSSR count). The van der Waals surface area contributed by atoms with Crippen molar-refractivity contribution in [3.05, 3.63) is 64.0 Å². The maximum absolute atomic E-state index is 13.5. The molecule has 2 N–H and O–H groups in total. The lowest BCUT2D eigenvalue weighted by atomic mass is 10.1. The van der Waals surface area contributed by atoms with Crippen LogP contribution in [0.3, 0.4) is 0 Å². The molecule has 0 fully saturated rings. The molecule has 0 saturated heterocycles. The van der Waals surface area contributed by atoms with E-state index in [1.165, 1.54) is 44.4 Å². The Hall–Kier alpha value is -3.69. The Morgan fingerprint density at radius 2 is 1.85 bits per heavy atom. The molecule has 0 spiro atoms. The Morgan fingerprint density at radius 3 is 2.48 bits per heavy atom. The summed E-state index contributed by atoms with van der Waals surface area (Å²) in [5.41, 5.74) is 3.76. The second-order valence-electron chi connectivity index (χ2n) is 5.28. The van der Waals surface area contributed by atoms with Crippen LogP contribution < -0.4 is 20.3 Å². The number of ether oxygens (including phenoxy) is 2. The molecule has 0 saturated carbocycles. The largest absolute Gasteiger partial charge is 0.496 e. The van der Waals surface area contributed by atoms with Crippen molar-refractivity contribution in [1.29, 1.82) is 0 Å². The number of nitro groups is 1. The number of nitrogens with one attached hydrogen (secondary N) is 2. The number of carbonyl (C=O) groups excluding carboxylic acids is 2. The summed E-state index contributed by atoms with van der Waals surface area (Å²) in [6.45, 7) is 1.36. The quantitative estimate of drug-likeness (QED) is 0.587. The van der Waals surface area contributed by atoms with Gasteiger partial charge in [0.05, 0.1) is 17.6 Å². The zero-order chi connectivity index (χ0) is 20.0. The van der Waals surface area contributed by atoms with E-state index in [-0.39, 0.29) is 22.7 Å². The molecule has 0 aliphatic carbocycles. The number of hydrogen-bond acceptors (Lipinski definition) is 6. The van der Waals surface area contributed by atoms with Gasteiger partial charge in [0.2, 0.25) is 0 Å². The normalized spacial score (nSPS) is 11.2. The van der Waals surface area contributed by atoms with Crippen molar-refractivity contribution in [3.63, 3.8) is 0 Å². The number of nitrogens with zero attached hydrogens (tertiary/aromatic N) is 1. The van der Waals surface area contributed by atoms with Gasteiger partial charge in [0.1, 0.15) is 5.75 Å². The van der Waals surface area contributed by atoms with Crippen LogP contribution in [-0.4, -0.2) is 30.0 Å². The molecule has 9 nitrogen and oxygen atoms in total. The number of hydrazine groups is 1. The second kappa shape index (κ2) is 8.61. The van der Waals surface area contributed by atoms with Crippen LogP contribution in [0.25, 0.3) is 0 Å². The molecule has 2 amide bonds. The summed E-state index contributed by atoms with van der Waals surface area (Å²) in [5, 5.41) is 10.8. The number of benzene rings is 2. The summed E-state index contributed by atoms with van der Waals surface area (Å²) >= 11 is 0. The first-order chi connectivity index (χ1) is 12.8. The number of para-hydroxylation sites is 1. The van der Waals surface area contributed by atoms with Crippen LogP contribution in [-0.2, 0) is 4.79 Å². The standard InChI is InChI=1S/C17H16FN3O6/c1-10(27-15-6-4-3-5-13(15)18)16(22)19-20-17(23)12-9-11(21(24)25)7-8-14(12)26-2/h3-10H,1-2H3,(H,19,22)(H,20,23). The highest BCUT2D eigenvalue weighted by Gasteiger charge is 2.20. The first kappa shape index (κ1) is 19.6. The van der Waals surface area contributed by atoms with Crippen molar-refractivity contribution in [3.8, 4) is 11.5 Å². The summed E-state index contributed by atoms with van der Waals surface area (Å²) in [6, 6.07) is 9.00. The number of carbonyl (C=O) groups is 2. The molecule has 142 valence electrons. The zero-order valence-corrected chi connectivity index (χ0v) is 14.4. The van der Waals surface area contributed by atoms with E-state index < -0.39 is 28.7 Å². The molecule has 10 heteroatoms. The fourth-order valence-electron chi connectivity index (χ4n) is 2.06. The van der Waals surface area contributed by atoms with Crippen molar-refractivity contribution in [1.82, 2.24) is 10.9 Å². The Morgan fingerprint density at radius 1 is 1.15 bits per heavy atom. The smallest absolute Gasteiger partial charge is 0.279 e. The third kappa shape index (κ3) is 4.91. The topological polar surface area (TPSA) is 120 Å². The molecular formula is C17H16FN3O6. The van der Waals surface area contributed by atoms with Crippen LogP contribution in [0.4, 0.5) is 10.1 Å². The number of amides is 2. The lowest BCUT2D eigenvalue weighted by Crippen LogP contribution is -2.47. The maximum Gasteiger partial charge on any atom is 0.279 e. The average Bonchev–Trinajstić information content (AvgIpc) is 2.66. The highest BCUT2D eigenvalue weighted by atomic mass is 19.1. The molecule has 0 radical (unpaired) electrons. The molecule has 0 bridgehead atoms. The maximum atomic E-state index is 13.5. The summed E-state index contributed by atoms with van der Waals surface area (Å²) in [6.07, 6.45) is -1.12. The number of rotatable bonds is 6. The summed E-state index contributed by atoms with van der Waals surface area (Å²) in [7, 11) is 1.29. The molecule has 1 atom stereocenters. The highest BCUT2D eigenvalue weighted by Crippen LogP contribution is 2.23. The van der Waals surface area contributed by atoms with Crippen molar-refractivity contribution >= 4 is 17.5 Å². The number of hydrogen-bond donors (Lipinski definition) is 2. The predicted molar refractivity (Wildman–Crippen MR) is 91.7 cm³/mol. The van der Waals surface area contributed by atoms with Gasteiger partial charge in [-0.3, -0.25) is 30.6 Å². The predicted octanol–water partition coefficient (Wildman–Crippen LogP) is 1.97. The van der Waals surface area contributed by atoms with Gasteiger partial charge in [-0.05, 0) is 25.1 Å². The van der Waals surface area contributed by atoms with Crippen LogP contribution in [0, 0.1) is 15.9 Å². The second-order valence-corrected chi connectivity index (χ2v) is 5.28. The van der Waals surface area contributed by atoms with Gasteiger partial charge in [0, 0.05) is 12.1 Å². The molecule has 0 aliphatic heterocycles. The third-order valence-corrected chi connectivity index (χ3v) is 3.45. The van der Waals surface area contributed by atoms with Gasteiger partial charge < -0.3 is 9.47 Å². The van der Waals surface area contributed by atoms with Crippen LogP contribution in [0.5, 0.6) is 11.5 Å². The van der Waals surface area contributed by atoms with Crippen molar-refractivity contribution in [2.45, 2.75) is 13.0 Å². The minimum absolute atomic E-state index is 0.0861. The van der Waals surface area contributed by atoms with Gasteiger partial charge in [0.25, 0.3) is 17.5 Å². The first-order valence-corrected chi connectivity index (χ1v) is 7.67. The van der Waals surface area contributed by atoms with E-state index in [1.54, 1.807) is 6.07 Å². The Labute approximate surface area is 153 Å². The molecular weight excluding hydrogens is 361 g/mol. The Bertz CT molecular complexity index is 873. The fourth-order valence-corrected chi connectivity index (χ4v) is 2.06. The van der Waals surface area contributed by atoms with E-state index in [2.05, 4.69) is 10.9 Å². The SMILES string of the molecule is COc1ccc([N+](=O)[O-])cc1C(=O)NNC(=O)C(C)Oc1ccccc1F. The van der Waals surface area contributed by atoms with Crippen molar-refractivity contribution < 1.29 is 28.4 Å². The zero-order valence-electron chi connectivity index (χ0n) is 14.4. The van der Waals surface area contributed by atoms with Crippen LogP contribution in [0.15, 0.2) is 42.5 Å². The van der Waals surface area contributed by atoms with E-state index in [0.29, 0.717) is 0 Å². The molecule has 27 heavy (non-hydrogen) atoms. The van der Waals surface area contributed by atoms with Gasteiger partial charge in [-0.25, -0.2) is 4.39 Å². The highest BCUT2D eigenvalue weighted by molar-refractivity contribution is 5.98. The van der Waals surface area contributed by atoms with Crippen LogP contribution in [0.1, 0.15) is 17.3 Å². The number of non-ortho nitro benzene ring substituents is 1. The van der Waals surface area contributed by atoms with E-state index in [0.717, 1.165) is 6.07 Å².